The molecule has 6 heterocycles. The summed E-state index contributed by atoms with van der Waals surface area (Å²) in [5.41, 5.74) is 25.8. The fourth-order valence-corrected chi connectivity index (χ4v) is 18.1. The lowest BCUT2D eigenvalue weighted by atomic mass is 9.96. The third-order valence-corrected chi connectivity index (χ3v) is 23.8. The predicted molar refractivity (Wildman–Crippen MR) is 491 cm³/mol. The number of benzene rings is 18. The van der Waals surface area contributed by atoms with Gasteiger partial charge in [-0.05, 0) is 192 Å². The number of hydrogen-bond donors (Lipinski definition) is 0. The van der Waals surface area contributed by atoms with Gasteiger partial charge in [-0.1, -0.05) is 285 Å². The van der Waals surface area contributed by atoms with E-state index in [1.54, 1.807) is 0 Å². The van der Waals surface area contributed by atoms with Gasteiger partial charge in [0.2, 0.25) is 0 Å². The van der Waals surface area contributed by atoms with Crippen LogP contribution in [0.25, 0.3) is 244 Å². The number of aromatic nitrogens is 8. The molecule has 0 aliphatic carbocycles. The minimum Gasteiger partial charge on any atom is -0.456 e. The highest BCUT2D eigenvalue weighted by atomic mass is 16.3. The molecule has 0 unspecified atom stereocenters. The van der Waals surface area contributed by atoms with Crippen LogP contribution in [0.15, 0.2) is 409 Å². The van der Waals surface area contributed by atoms with Crippen LogP contribution < -0.4 is 0 Å². The zero-order valence-electron chi connectivity index (χ0n) is 64.5. The highest BCUT2D eigenvalue weighted by molar-refractivity contribution is 6.17. The first-order chi connectivity index (χ1) is 59.4. The van der Waals surface area contributed by atoms with Gasteiger partial charge < -0.3 is 18.0 Å². The van der Waals surface area contributed by atoms with Crippen LogP contribution in [0.5, 0.6) is 0 Å². The Kier molecular flexibility index (Phi) is 15.7. The Bertz CT molecular complexity index is 8200. The molecular formula is C110H66N8O2. The maximum atomic E-state index is 6.75. The highest BCUT2D eigenvalue weighted by Gasteiger charge is 2.25. The summed E-state index contributed by atoms with van der Waals surface area (Å²) in [6.45, 7) is 0. The van der Waals surface area contributed by atoms with Gasteiger partial charge in [-0.15, -0.1) is 0 Å². The minimum atomic E-state index is 0.539. The molecule has 0 bridgehead atoms. The zero-order chi connectivity index (χ0) is 78.9. The molecule has 6 aromatic heterocycles. The summed E-state index contributed by atoms with van der Waals surface area (Å²) in [4.78, 5) is 32.4. The lowest BCUT2D eigenvalue weighted by Gasteiger charge is -2.12. The molecule has 0 N–H and O–H groups in total. The first-order valence-electron chi connectivity index (χ1n) is 40.4. The van der Waals surface area contributed by atoms with Crippen LogP contribution in [0.1, 0.15) is 0 Å². The summed E-state index contributed by atoms with van der Waals surface area (Å²) in [6.07, 6.45) is 0. The van der Waals surface area contributed by atoms with Crippen molar-refractivity contribution >= 4 is 109 Å². The van der Waals surface area contributed by atoms with Crippen molar-refractivity contribution in [3.63, 3.8) is 0 Å². The number of rotatable bonds is 13. The average Bonchev–Trinajstić information content (AvgIpc) is 1.65. The van der Waals surface area contributed by atoms with Crippen molar-refractivity contribution in [2.75, 3.05) is 0 Å². The number of furan rings is 2. The summed E-state index contributed by atoms with van der Waals surface area (Å²) in [7, 11) is 0. The number of hydrogen-bond acceptors (Lipinski definition) is 8. The largest absolute Gasteiger partial charge is 0.456 e. The maximum absolute atomic E-state index is 6.75. The van der Waals surface area contributed by atoms with Gasteiger partial charge in [0.15, 0.2) is 34.9 Å². The monoisotopic (exact) mass is 1530 g/mol. The smallest absolute Gasteiger partial charge is 0.164 e. The van der Waals surface area contributed by atoms with Crippen LogP contribution >= 0.6 is 0 Å². The first-order valence-corrected chi connectivity index (χ1v) is 40.4. The van der Waals surface area contributed by atoms with E-state index in [4.69, 9.17) is 38.7 Å². The molecule has 0 amide bonds. The first kappa shape index (κ1) is 68.1. The molecule has 120 heavy (non-hydrogen) atoms. The number of para-hydroxylation sites is 3. The third-order valence-electron chi connectivity index (χ3n) is 23.8. The normalized spacial score (nSPS) is 11.8. The van der Waals surface area contributed by atoms with E-state index in [2.05, 4.69) is 379 Å². The second-order valence-corrected chi connectivity index (χ2v) is 30.8. The van der Waals surface area contributed by atoms with E-state index in [1.165, 1.54) is 10.8 Å². The van der Waals surface area contributed by atoms with Crippen molar-refractivity contribution in [2.24, 2.45) is 0 Å². The maximum Gasteiger partial charge on any atom is 0.164 e. The van der Waals surface area contributed by atoms with Crippen LogP contribution in [0.3, 0.4) is 0 Å². The predicted octanol–water partition coefficient (Wildman–Crippen LogP) is 28.7. The van der Waals surface area contributed by atoms with Crippen LogP contribution in [-0.4, -0.2) is 39.0 Å². The van der Waals surface area contributed by atoms with Crippen molar-refractivity contribution in [1.82, 2.24) is 39.0 Å². The molecule has 10 heteroatoms. The fraction of sp³-hybridized carbons (Fsp3) is 0. The summed E-state index contributed by atoms with van der Waals surface area (Å²) in [5, 5.41) is 12.8. The van der Waals surface area contributed by atoms with Crippen molar-refractivity contribution < 1.29 is 8.83 Å². The van der Waals surface area contributed by atoms with Crippen LogP contribution in [0.2, 0.25) is 0 Å². The summed E-state index contributed by atoms with van der Waals surface area (Å²) < 4.78 is 18.3. The summed E-state index contributed by atoms with van der Waals surface area (Å²) in [5.74, 6) is 3.41. The lowest BCUT2D eigenvalue weighted by molar-refractivity contribution is 0.668. The van der Waals surface area contributed by atoms with E-state index in [0.717, 1.165) is 199 Å². The van der Waals surface area contributed by atoms with Gasteiger partial charge >= 0.3 is 0 Å². The molecule has 0 aliphatic rings. The Labute approximate surface area is 688 Å². The second-order valence-electron chi connectivity index (χ2n) is 30.8. The Hall–Kier alpha value is -16.3. The SMILES string of the molecule is c1ccc(-c2cccc(-c3nc(-c4cccc(-c5cccc(-c6ccc7c8cc(-c9ccc%10oc%11cccc(-c%12nc(-c%13cccc%14ccccc%13%14)nc(-c%13cccc%14ccccc%13%14)n%12)c%11c%10c9)ccc8n(-c8ccccc8)c7c6)c5)c4)nc(-c4cccc5oc6ccc(-c7ccc8c(c7)c7ccccc7n8-c7ccccc7)cc6c45)n3)c2)cc1. The fourth-order valence-electron chi connectivity index (χ4n) is 18.1. The Balaban J connectivity index is 0.594. The Morgan fingerprint density at radius 3 is 1.00 bits per heavy atom. The number of nitrogens with zero attached hydrogens (tertiary/aromatic N) is 8. The quantitative estimate of drug-likeness (QED) is 0.112. The molecule has 0 saturated heterocycles. The molecule has 24 aromatic rings. The molecule has 558 valence electrons. The Morgan fingerprint density at radius 2 is 0.483 bits per heavy atom. The second kappa shape index (κ2) is 27.7. The van der Waals surface area contributed by atoms with E-state index in [1.807, 2.05) is 30.3 Å². The molecule has 0 atom stereocenters. The minimum absolute atomic E-state index is 0.539. The van der Waals surface area contributed by atoms with Crippen LogP contribution in [-0.2, 0) is 0 Å². The van der Waals surface area contributed by atoms with Crippen LogP contribution in [0.4, 0.5) is 0 Å². The molecule has 0 aliphatic heterocycles. The van der Waals surface area contributed by atoms with E-state index < -0.39 is 0 Å². The van der Waals surface area contributed by atoms with Crippen molar-refractivity contribution in [3.05, 3.63) is 400 Å². The van der Waals surface area contributed by atoms with Gasteiger partial charge in [0.25, 0.3) is 0 Å². The van der Waals surface area contributed by atoms with Gasteiger partial charge in [-0.2, -0.15) is 0 Å². The van der Waals surface area contributed by atoms with Gasteiger partial charge in [0.05, 0.1) is 22.1 Å². The van der Waals surface area contributed by atoms with Crippen molar-refractivity contribution in [3.8, 4) is 135 Å². The molecule has 0 radical (unpaired) electrons. The van der Waals surface area contributed by atoms with Gasteiger partial charge in [-0.3, -0.25) is 0 Å². The van der Waals surface area contributed by atoms with Gasteiger partial charge in [0.1, 0.15) is 22.3 Å². The van der Waals surface area contributed by atoms with E-state index in [9.17, 15) is 0 Å². The lowest BCUT2D eigenvalue weighted by Crippen LogP contribution is -2.01. The topological polar surface area (TPSA) is 113 Å². The van der Waals surface area contributed by atoms with E-state index in [-0.39, 0.29) is 0 Å². The average molecular weight is 1530 g/mol. The standard InChI is InChI=1S/C110H66N8O2/c1-4-23-67(24-5-1)70-29-17-33-79(60-70)105-111-106(113-109(112-105)89-44-21-47-101-103(89)93-64-76(52-57-99(93)119-101)74-50-55-96-91(62-74)85-41-14-15-46-95(85)117(96)81-35-6-2-7-36-81)80-34-18-32-73(61-80)71-30-16-31-72(59-71)78-49-54-86-92-63-75(51-56-97(92)118(98(86)66-78)82-37-8-3-9-38-82)77-53-58-100-94(65-77)104-90(45-22-48-102(104)120-100)110-115-107(87-42-19-27-68-25-10-12-39-83(68)87)114-108(116-110)88-43-20-28-69-26-11-13-40-84(69)88/h1-66H. The molecule has 0 spiro atoms. The molecule has 0 fully saturated rings. The third kappa shape index (κ3) is 11.5. The van der Waals surface area contributed by atoms with E-state index >= 15 is 0 Å². The molecular weight excluding hydrogens is 1470 g/mol. The number of fused-ring (bicyclic) bond motifs is 14. The van der Waals surface area contributed by atoms with Gasteiger partial charge in [-0.25, -0.2) is 29.9 Å². The van der Waals surface area contributed by atoms with E-state index in [0.29, 0.717) is 34.9 Å². The zero-order valence-corrected chi connectivity index (χ0v) is 64.5. The molecule has 10 nitrogen and oxygen atoms in total. The summed E-state index contributed by atoms with van der Waals surface area (Å²) >= 11 is 0. The highest BCUT2D eigenvalue weighted by Crippen LogP contribution is 2.46. The Morgan fingerprint density at radius 1 is 0.167 bits per heavy atom. The van der Waals surface area contributed by atoms with Crippen molar-refractivity contribution in [2.45, 2.75) is 0 Å². The molecule has 18 aromatic carbocycles. The molecule has 24 rings (SSSR count). The molecule has 0 saturated carbocycles. The summed E-state index contributed by atoms with van der Waals surface area (Å²) in [6, 6.07) is 142. The van der Waals surface area contributed by atoms with Crippen LogP contribution in [0, 0.1) is 0 Å². The van der Waals surface area contributed by atoms with Crippen molar-refractivity contribution in [1.29, 1.82) is 0 Å². The van der Waals surface area contributed by atoms with Gasteiger partial charge in [0, 0.05) is 87.8 Å².